The van der Waals surface area contributed by atoms with Crippen LogP contribution in [0.4, 0.5) is 4.79 Å². The van der Waals surface area contributed by atoms with Crippen molar-refractivity contribution < 1.29 is 9.53 Å². The molecule has 2 aromatic rings. The largest absolute Gasteiger partial charge is 0.490 e. The summed E-state index contributed by atoms with van der Waals surface area (Å²) in [5.41, 5.74) is 1.28. The monoisotopic (exact) mass is 317 g/mol. The van der Waals surface area contributed by atoms with E-state index in [-0.39, 0.29) is 12.1 Å². The molecule has 0 aliphatic heterocycles. The summed E-state index contributed by atoms with van der Waals surface area (Å²) >= 11 is 1.78. The number of aromatic nitrogens is 1. The summed E-state index contributed by atoms with van der Waals surface area (Å²) in [5.74, 6) is 0.708. The Bertz CT molecular complexity index is 615. The highest BCUT2D eigenvalue weighted by Crippen LogP contribution is 2.33. The Hall–Kier alpha value is -2.08. The number of hydrogen-bond acceptors (Lipinski definition) is 4. The molecule has 0 spiro atoms. The molecule has 6 heteroatoms. The van der Waals surface area contributed by atoms with Crippen LogP contribution in [0.1, 0.15) is 29.3 Å². The molecule has 0 saturated heterocycles. The molecule has 3 rings (SSSR count). The van der Waals surface area contributed by atoms with Gasteiger partial charge in [0.1, 0.15) is 12.4 Å². The van der Waals surface area contributed by atoms with Gasteiger partial charge < -0.3 is 15.4 Å². The number of pyridine rings is 1. The average Bonchev–Trinajstić information content (AvgIpc) is 3.02. The van der Waals surface area contributed by atoms with E-state index in [1.807, 2.05) is 12.1 Å². The van der Waals surface area contributed by atoms with Crippen LogP contribution in [0, 0.1) is 0 Å². The van der Waals surface area contributed by atoms with Gasteiger partial charge in [-0.2, -0.15) is 0 Å². The molecule has 2 heterocycles. The number of nitrogens with one attached hydrogen (secondary N) is 2. The Morgan fingerprint density at radius 3 is 3.27 bits per heavy atom. The van der Waals surface area contributed by atoms with E-state index in [2.05, 4.69) is 27.1 Å². The fourth-order valence-electron chi connectivity index (χ4n) is 2.61. The first-order valence-electron chi connectivity index (χ1n) is 7.46. The van der Waals surface area contributed by atoms with Gasteiger partial charge in [0.25, 0.3) is 0 Å². The van der Waals surface area contributed by atoms with Crippen LogP contribution in [0.25, 0.3) is 0 Å². The average molecular weight is 317 g/mol. The minimum absolute atomic E-state index is 0.134. The molecule has 0 aromatic carbocycles. The summed E-state index contributed by atoms with van der Waals surface area (Å²) in [7, 11) is 0. The van der Waals surface area contributed by atoms with Crippen molar-refractivity contribution >= 4 is 17.4 Å². The second kappa shape index (κ2) is 7.26. The van der Waals surface area contributed by atoms with Crippen molar-refractivity contribution in [3.05, 3.63) is 46.4 Å². The quantitative estimate of drug-likeness (QED) is 0.834. The van der Waals surface area contributed by atoms with Gasteiger partial charge >= 0.3 is 6.03 Å². The van der Waals surface area contributed by atoms with Crippen molar-refractivity contribution in [2.24, 2.45) is 0 Å². The third kappa shape index (κ3) is 3.76. The minimum atomic E-state index is -0.140. The SMILES string of the molecule is O=C(NCCOc1cccnc1)N[C@@H]1CCCc2sccc21. The van der Waals surface area contributed by atoms with Crippen LogP contribution >= 0.6 is 11.3 Å². The second-order valence-electron chi connectivity index (χ2n) is 5.18. The Labute approximate surface area is 133 Å². The van der Waals surface area contributed by atoms with Crippen molar-refractivity contribution in [1.29, 1.82) is 0 Å². The minimum Gasteiger partial charge on any atom is -0.490 e. The molecule has 0 unspecified atom stereocenters. The molecule has 0 radical (unpaired) electrons. The lowest BCUT2D eigenvalue weighted by molar-refractivity contribution is 0.231. The number of amides is 2. The van der Waals surface area contributed by atoms with E-state index < -0.39 is 0 Å². The number of aryl methyl sites for hydroxylation is 1. The van der Waals surface area contributed by atoms with Gasteiger partial charge in [0.2, 0.25) is 0 Å². The first kappa shape index (κ1) is 14.8. The third-order valence-corrected chi connectivity index (χ3v) is 4.64. The first-order chi connectivity index (χ1) is 10.8. The van der Waals surface area contributed by atoms with Gasteiger partial charge in [-0.1, -0.05) is 0 Å². The van der Waals surface area contributed by atoms with Crippen molar-refractivity contribution in [3.63, 3.8) is 0 Å². The van der Waals surface area contributed by atoms with Crippen molar-refractivity contribution in [2.75, 3.05) is 13.2 Å². The smallest absolute Gasteiger partial charge is 0.315 e. The van der Waals surface area contributed by atoms with E-state index in [0.29, 0.717) is 18.9 Å². The van der Waals surface area contributed by atoms with E-state index in [0.717, 1.165) is 19.3 Å². The van der Waals surface area contributed by atoms with E-state index in [1.165, 1.54) is 10.4 Å². The molecule has 1 aliphatic rings. The van der Waals surface area contributed by atoms with Gasteiger partial charge in [0.05, 0.1) is 18.8 Å². The number of carbonyl (C=O) groups excluding carboxylic acids is 1. The number of rotatable bonds is 5. The first-order valence-corrected chi connectivity index (χ1v) is 8.34. The van der Waals surface area contributed by atoms with Crippen LogP contribution in [0.3, 0.4) is 0 Å². The predicted molar refractivity (Wildman–Crippen MR) is 86.3 cm³/mol. The van der Waals surface area contributed by atoms with Crippen LogP contribution in [-0.2, 0) is 6.42 Å². The highest BCUT2D eigenvalue weighted by molar-refractivity contribution is 7.10. The van der Waals surface area contributed by atoms with Crippen LogP contribution in [0.15, 0.2) is 36.0 Å². The van der Waals surface area contributed by atoms with E-state index in [4.69, 9.17) is 4.74 Å². The number of nitrogens with zero attached hydrogens (tertiary/aromatic N) is 1. The summed E-state index contributed by atoms with van der Waals surface area (Å²) in [6.45, 7) is 0.886. The molecular weight excluding hydrogens is 298 g/mol. The number of fused-ring (bicyclic) bond motifs is 1. The maximum atomic E-state index is 12.0. The van der Waals surface area contributed by atoms with Crippen LogP contribution in [-0.4, -0.2) is 24.2 Å². The highest BCUT2D eigenvalue weighted by atomic mass is 32.1. The zero-order valence-electron chi connectivity index (χ0n) is 12.2. The zero-order chi connectivity index (χ0) is 15.2. The van der Waals surface area contributed by atoms with Gasteiger partial charge in [-0.3, -0.25) is 4.98 Å². The molecule has 116 valence electrons. The molecule has 0 bridgehead atoms. The molecule has 0 fully saturated rings. The summed E-state index contributed by atoms with van der Waals surface area (Å²) in [6, 6.07) is 5.77. The number of hydrogen-bond donors (Lipinski definition) is 2. The fourth-order valence-corrected chi connectivity index (χ4v) is 3.60. The molecule has 22 heavy (non-hydrogen) atoms. The lowest BCUT2D eigenvalue weighted by atomic mass is 9.94. The molecule has 2 aromatic heterocycles. The number of thiophene rings is 1. The van der Waals surface area contributed by atoms with Gasteiger partial charge in [-0.25, -0.2) is 4.79 Å². The fraction of sp³-hybridized carbons (Fsp3) is 0.375. The third-order valence-electron chi connectivity index (χ3n) is 3.65. The van der Waals surface area contributed by atoms with Gasteiger partial charge in [-0.15, -0.1) is 11.3 Å². The van der Waals surface area contributed by atoms with Crippen molar-refractivity contribution in [1.82, 2.24) is 15.6 Å². The zero-order valence-corrected chi connectivity index (χ0v) is 13.1. The van der Waals surface area contributed by atoms with E-state index >= 15 is 0 Å². The van der Waals surface area contributed by atoms with Crippen molar-refractivity contribution in [2.45, 2.75) is 25.3 Å². The molecule has 1 atom stereocenters. The lowest BCUT2D eigenvalue weighted by Crippen LogP contribution is -2.40. The van der Waals surface area contributed by atoms with Gasteiger partial charge in [0.15, 0.2) is 0 Å². The predicted octanol–water partition coefficient (Wildman–Crippen LogP) is 2.90. The Balaban J connectivity index is 1.40. The molecule has 1 aliphatic carbocycles. The molecule has 2 amide bonds. The highest BCUT2D eigenvalue weighted by Gasteiger charge is 2.22. The van der Waals surface area contributed by atoms with Gasteiger partial charge in [0, 0.05) is 11.1 Å². The van der Waals surface area contributed by atoms with E-state index in [9.17, 15) is 4.79 Å². The molecule has 2 N–H and O–H groups in total. The van der Waals surface area contributed by atoms with Crippen molar-refractivity contribution in [3.8, 4) is 5.75 Å². The van der Waals surface area contributed by atoms with Crippen LogP contribution < -0.4 is 15.4 Å². The maximum absolute atomic E-state index is 12.0. The molecular formula is C16H19N3O2S. The second-order valence-corrected chi connectivity index (χ2v) is 6.18. The topological polar surface area (TPSA) is 63.2 Å². The van der Waals surface area contributed by atoms with E-state index in [1.54, 1.807) is 23.7 Å². The van der Waals surface area contributed by atoms with Crippen LogP contribution in [0.2, 0.25) is 0 Å². The summed E-state index contributed by atoms with van der Waals surface area (Å²) in [6.07, 6.45) is 6.61. The Kier molecular flexibility index (Phi) is 4.90. The number of urea groups is 1. The number of carbonyl (C=O) groups is 1. The summed E-state index contributed by atoms with van der Waals surface area (Å²) < 4.78 is 5.49. The lowest BCUT2D eigenvalue weighted by Gasteiger charge is -2.23. The Morgan fingerprint density at radius 1 is 1.45 bits per heavy atom. The maximum Gasteiger partial charge on any atom is 0.315 e. The van der Waals surface area contributed by atoms with Gasteiger partial charge in [-0.05, 0) is 48.4 Å². The molecule has 0 saturated carbocycles. The summed E-state index contributed by atoms with van der Waals surface area (Å²) in [5, 5.41) is 7.98. The summed E-state index contributed by atoms with van der Waals surface area (Å²) in [4.78, 5) is 17.3. The molecule has 5 nitrogen and oxygen atoms in total. The van der Waals surface area contributed by atoms with Crippen LogP contribution in [0.5, 0.6) is 5.75 Å². The normalized spacial score (nSPS) is 16.6. The number of ether oxygens (including phenoxy) is 1. The Morgan fingerprint density at radius 2 is 2.41 bits per heavy atom. The standard InChI is InChI=1S/C16H19N3O2S/c20-16(18-8-9-21-12-3-2-7-17-11-12)19-14-4-1-5-15-13(14)6-10-22-15/h2-3,6-7,10-11,14H,1,4-5,8-9H2,(H2,18,19,20)/t14-/m1/s1.